The number of amides is 1. The maximum Gasteiger partial charge on any atom is 0.263 e. The van der Waals surface area contributed by atoms with E-state index in [1.165, 1.54) is 7.05 Å². The molecular weight excluding hydrogens is 312 g/mol. The van der Waals surface area contributed by atoms with Gasteiger partial charge < -0.3 is 21.3 Å². The molecule has 2 rings (SSSR count). The van der Waals surface area contributed by atoms with Crippen LogP contribution in [0.4, 0.5) is 10.7 Å². The van der Waals surface area contributed by atoms with Gasteiger partial charge in [-0.2, -0.15) is 0 Å². The second-order valence-corrected chi connectivity index (χ2v) is 7.87. The van der Waals surface area contributed by atoms with Crippen LogP contribution in [0.3, 0.4) is 0 Å². The normalized spacial score (nSPS) is 16.6. The molecule has 1 amide bonds. The predicted molar refractivity (Wildman–Crippen MR) is 84.9 cm³/mol. The van der Waals surface area contributed by atoms with Crippen molar-refractivity contribution in [1.82, 2.24) is 10.6 Å². The molecule has 1 fully saturated rings. The Balaban J connectivity index is 2.55. The summed E-state index contributed by atoms with van der Waals surface area (Å²) in [7, 11) is -2.01. The Bertz CT molecular complexity index is 631. The molecule has 1 aliphatic rings. The van der Waals surface area contributed by atoms with E-state index in [2.05, 4.69) is 10.6 Å². The Morgan fingerprint density at radius 2 is 2.10 bits per heavy atom. The van der Waals surface area contributed by atoms with Crippen molar-refractivity contribution < 1.29 is 13.2 Å². The average molecular weight is 332 g/mol. The molecule has 0 radical (unpaired) electrons. The van der Waals surface area contributed by atoms with Gasteiger partial charge in [-0.1, -0.05) is 0 Å². The number of thiophene rings is 1. The number of carbonyl (C=O) groups excluding carboxylic acids is 1. The van der Waals surface area contributed by atoms with Gasteiger partial charge in [-0.3, -0.25) is 4.79 Å². The second-order valence-electron chi connectivity index (χ2n) is 4.92. The summed E-state index contributed by atoms with van der Waals surface area (Å²) < 4.78 is 24.2. The fourth-order valence-electron chi connectivity index (χ4n) is 2.31. The third-order valence-corrected chi connectivity index (χ3v) is 5.86. The molecule has 9 heteroatoms. The third kappa shape index (κ3) is 3.30. The van der Waals surface area contributed by atoms with Gasteiger partial charge in [0, 0.05) is 32.9 Å². The van der Waals surface area contributed by atoms with Crippen LogP contribution in [0.25, 0.3) is 0 Å². The summed E-state index contributed by atoms with van der Waals surface area (Å²) in [5.41, 5.74) is 5.99. The summed E-state index contributed by atoms with van der Waals surface area (Å²) in [5.74, 6) is -0.360. The first kappa shape index (κ1) is 16.1. The van der Waals surface area contributed by atoms with Crippen molar-refractivity contribution in [1.29, 1.82) is 0 Å². The lowest BCUT2D eigenvalue weighted by Gasteiger charge is -2.21. The maximum absolute atomic E-state index is 12.1. The molecule has 1 aliphatic heterocycles. The molecule has 1 aromatic rings. The van der Waals surface area contributed by atoms with Crippen molar-refractivity contribution in [2.24, 2.45) is 0 Å². The number of nitrogen functional groups attached to an aromatic ring is 1. The first-order valence-electron chi connectivity index (χ1n) is 6.66. The van der Waals surface area contributed by atoms with Gasteiger partial charge >= 0.3 is 0 Å². The van der Waals surface area contributed by atoms with E-state index in [9.17, 15) is 13.2 Å². The lowest BCUT2D eigenvalue weighted by atomic mass is 10.3. The van der Waals surface area contributed by atoms with Crippen LogP contribution in [0.15, 0.2) is 4.90 Å². The SMILES string of the molecule is CNC(=O)c1sc(N2CCCNCC2)c(S(C)(=O)=O)c1N. The van der Waals surface area contributed by atoms with Gasteiger partial charge in [-0.05, 0) is 13.0 Å². The zero-order valence-electron chi connectivity index (χ0n) is 12.1. The van der Waals surface area contributed by atoms with Gasteiger partial charge in [-0.25, -0.2) is 8.42 Å². The minimum atomic E-state index is -3.50. The molecule has 118 valence electrons. The summed E-state index contributed by atoms with van der Waals surface area (Å²) in [6.45, 7) is 3.10. The highest BCUT2D eigenvalue weighted by Gasteiger charge is 2.29. The summed E-state index contributed by atoms with van der Waals surface area (Å²) >= 11 is 1.14. The van der Waals surface area contributed by atoms with Crippen LogP contribution in [0, 0.1) is 0 Å². The number of hydrogen-bond donors (Lipinski definition) is 3. The zero-order valence-corrected chi connectivity index (χ0v) is 13.7. The Morgan fingerprint density at radius 1 is 1.38 bits per heavy atom. The summed E-state index contributed by atoms with van der Waals surface area (Å²) in [5, 5.41) is 6.33. The van der Waals surface area contributed by atoms with Crippen molar-refractivity contribution in [3.05, 3.63) is 4.88 Å². The van der Waals surface area contributed by atoms with E-state index >= 15 is 0 Å². The molecule has 2 heterocycles. The number of nitrogens with two attached hydrogens (primary N) is 1. The molecule has 0 unspecified atom stereocenters. The molecule has 0 spiro atoms. The van der Waals surface area contributed by atoms with Gasteiger partial charge in [0.15, 0.2) is 9.84 Å². The number of nitrogens with one attached hydrogen (secondary N) is 2. The Hall–Kier alpha value is -1.32. The minimum Gasteiger partial charge on any atom is -0.396 e. The fourth-order valence-corrected chi connectivity index (χ4v) is 5.02. The van der Waals surface area contributed by atoms with E-state index in [0.29, 0.717) is 11.5 Å². The first-order valence-corrected chi connectivity index (χ1v) is 9.37. The lowest BCUT2D eigenvalue weighted by Crippen LogP contribution is -2.28. The van der Waals surface area contributed by atoms with E-state index < -0.39 is 9.84 Å². The average Bonchev–Trinajstić information content (AvgIpc) is 2.62. The largest absolute Gasteiger partial charge is 0.396 e. The van der Waals surface area contributed by atoms with Gasteiger partial charge in [0.2, 0.25) is 0 Å². The molecule has 1 aromatic heterocycles. The molecular formula is C12H20N4O3S2. The van der Waals surface area contributed by atoms with Gasteiger partial charge in [0.1, 0.15) is 14.8 Å². The topological polar surface area (TPSA) is 105 Å². The highest BCUT2D eigenvalue weighted by molar-refractivity contribution is 7.91. The van der Waals surface area contributed by atoms with Crippen LogP contribution < -0.4 is 21.3 Å². The van der Waals surface area contributed by atoms with Gasteiger partial charge in [0.05, 0.1) is 5.69 Å². The number of hydrogen-bond acceptors (Lipinski definition) is 7. The van der Waals surface area contributed by atoms with Gasteiger partial charge in [0.25, 0.3) is 5.91 Å². The van der Waals surface area contributed by atoms with E-state index in [0.717, 1.165) is 43.6 Å². The van der Waals surface area contributed by atoms with E-state index in [4.69, 9.17) is 5.73 Å². The quantitative estimate of drug-likeness (QED) is 0.714. The molecule has 21 heavy (non-hydrogen) atoms. The van der Waals surface area contributed by atoms with Crippen molar-refractivity contribution in [3.63, 3.8) is 0 Å². The van der Waals surface area contributed by atoms with Crippen molar-refractivity contribution in [2.45, 2.75) is 11.3 Å². The highest BCUT2D eigenvalue weighted by Crippen LogP contribution is 2.41. The number of sulfone groups is 1. The third-order valence-electron chi connectivity index (χ3n) is 3.31. The molecule has 0 atom stereocenters. The summed E-state index contributed by atoms with van der Waals surface area (Å²) in [6, 6.07) is 0. The van der Waals surface area contributed by atoms with Crippen LogP contribution in [-0.2, 0) is 9.84 Å². The lowest BCUT2D eigenvalue weighted by molar-refractivity contribution is 0.0968. The summed E-state index contributed by atoms with van der Waals surface area (Å²) in [6.07, 6.45) is 2.04. The highest BCUT2D eigenvalue weighted by atomic mass is 32.2. The number of carbonyl (C=O) groups is 1. The maximum atomic E-state index is 12.1. The Morgan fingerprint density at radius 3 is 2.71 bits per heavy atom. The second kappa shape index (κ2) is 6.20. The van der Waals surface area contributed by atoms with Crippen LogP contribution >= 0.6 is 11.3 Å². The van der Waals surface area contributed by atoms with Crippen LogP contribution in [0.1, 0.15) is 16.1 Å². The van der Waals surface area contributed by atoms with Crippen LogP contribution in [-0.4, -0.2) is 53.8 Å². The Labute approximate surface area is 128 Å². The van der Waals surface area contributed by atoms with Crippen LogP contribution in [0.5, 0.6) is 0 Å². The van der Waals surface area contributed by atoms with E-state index in [-0.39, 0.29) is 21.4 Å². The van der Waals surface area contributed by atoms with Crippen LogP contribution in [0.2, 0.25) is 0 Å². The number of nitrogens with zero attached hydrogens (tertiary/aromatic N) is 1. The molecule has 0 saturated carbocycles. The standard InChI is InChI=1S/C12H20N4O3S2/c1-14-11(17)9-8(13)10(21(2,18)19)12(20-9)16-6-3-4-15-5-7-16/h15H,3-7,13H2,1-2H3,(H,14,17). The number of anilines is 2. The van der Waals surface area contributed by atoms with Gasteiger partial charge in [-0.15, -0.1) is 11.3 Å². The Kier molecular flexibility index (Phi) is 4.74. The van der Waals surface area contributed by atoms with E-state index in [1.54, 1.807) is 0 Å². The molecule has 1 saturated heterocycles. The molecule has 4 N–H and O–H groups in total. The number of rotatable bonds is 3. The minimum absolute atomic E-state index is 0.0501. The smallest absolute Gasteiger partial charge is 0.263 e. The van der Waals surface area contributed by atoms with Crippen molar-refractivity contribution >= 4 is 37.8 Å². The monoisotopic (exact) mass is 332 g/mol. The molecule has 0 bridgehead atoms. The zero-order chi connectivity index (χ0) is 15.6. The fraction of sp³-hybridized carbons (Fsp3) is 0.583. The predicted octanol–water partition coefficient (Wildman–Crippen LogP) is -0.107. The molecule has 0 aromatic carbocycles. The molecule has 0 aliphatic carbocycles. The molecule has 7 nitrogen and oxygen atoms in total. The van der Waals surface area contributed by atoms with Crippen molar-refractivity contribution in [3.8, 4) is 0 Å². The van der Waals surface area contributed by atoms with Crippen molar-refractivity contribution in [2.75, 3.05) is 50.1 Å². The first-order chi connectivity index (χ1) is 9.86. The summed E-state index contributed by atoms with van der Waals surface area (Å²) in [4.78, 5) is 14.2. The van der Waals surface area contributed by atoms with E-state index in [1.807, 2.05) is 4.90 Å².